The molecular weight excluding hydrogens is 512 g/mol. The van der Waals surface area contributed by atoms with Gasteiger partial charge in [0, 0.05) is 31.0 Å². The third-order valence-corrected chi connectivity index (χ3v) is 6.72. The topological polar surface area (TPSA) is 67.9 Å². The van der Waals surface area contributed by atoms with Crippen LogP contribution in [0.15, 0.2) is 72.8 Å². The average molecular weight is 551 g/mol. The summed E-state index contributed by atoms with van der Waals surface area (Å²) in [5, 5.41) is 3.57. The first-order valence-corrected chi connectivity index (χ1v) is 14.1. The summed E-state index contributed by atoms with van der Waals surface area (Å²) in [5.41, 5.74) is 2.75. The number of carbonyl (C=O) groups is 2. The fourth-order valence-electron chi connectivity index (χ4n) is 4.38. The molecule has 0 aliphatic carbocycles. The Morgan fingerprint density at radius 1 is 0.872 bits per heavy atom. The van der Waals surface area contributed by atoms with E-state index < -0.39 is 6.04 Å². The van der Waals surface area contributed by atoms with Crippen molar-refractivity contribution in [3.63, 3.8) is 0 Å². The highest BCUT2D eigenvalue weighted by Crippen LogP contribution is 2.29. The normalized spacial score (nSPS) is 11.5. The monoisotopic (exact) mass is 550 g/mol. The molecule has 1 unspecified atom stereocenters. The molecule has 0 fully saturated rings. The summed E-state index contributed by atoms with van der Waals surface area (Å²) in [6.07, 6.45) is 1.95. The van der Waals surface area contributed by atoms with Gasteiger partial charge in [-0.25, -0.2) is 0 Å². The number of nitrogens with one attached hydrogen (secondary N) is 1. The minimum Gasteiger partial charge on any atom is -0.490 e. The Balaban J connectivity index is 1.89. The van der Waals surface area contributed by atoms with Crippen molar-refractivity contribution in [2.45, 2.75) is 59.0 Å². The number of amides is 2. The van der Waals surface area contributed by atoms with Gasteiger partial charge in [-0.05, 0) is 61.6 Å². The third kappa shape index (κ3) is 9.03. The zero-order chi connectivity index (χ0) is 28.0. The quantitative estimate of drug-likeness (QED) is 0.243. The van der Waals surface area contributed by atoms with Crippen LogP contribution in [0.5, 0.6) is 11.5 Å². The molecular formula is C32H39ClN2O4. The number of aryl methyl sites for hydroxylation is 1. The van der Waals surface area contributed by atoms with E-state index in [-0.39, 0.29) is 24.8 Å². The van der Waals surface area contributed by atoms with Crippen molar-refractivity contribution in [1.29, 1.82) is 0 Å². The van der Waals surface area contributed by atoms with Gasteiger partial charge in [-0.3, -0.25) is 9.59 Å². The van der Waals surface area contributed by atoms with E-state index in [1.54, 1.807) is 11.0 Å². The SMILES string of the molecule is CCCNC(=O)C(Cc1ccccc1)N(Cc1ccccc1Cl)C(=O)CCc1ccc(OCC)c(OCC)c1. The van der Waals surface area contributed by atoms with E-state index in [1.165, 1.54) is 0 Å². The second-order valence-corrected chi connectivity index (χ2v) is 9.66. The fraction of sp³-hybridized carbons (Fsp3) is 0.375. The molecule has 3 aromatic rings. The largest absolute Gasteiger partial charge is 0.490 e. The fourth-order valence-corrected chi connectivity index (χ4v) is 4.57. The summed E-state index contributed by atoms with van der Waals surface area (Å²) >= 11 is 6.50. The highest BCUT2D eigenvalue weighted by atomic mass is 35.5. The molecule has 2 amide bonds. The molecule has 0 saturated carbocycles. The minimum absolute atomic E-state index is 0.116. The van der Waals surface area contributed by atoms with E-state index in [0.717, 1.165) is 23.1 Å². The molecule has 1 atom stereocenters. The van der Waals surface area contributed by atoms with E-state index in [4.69, 9.17) is 21.1 Å². The molecule has 0 bridgehead atoms. The summed E-state index contributed by atoms with van der Waals surface area (Å²) in [7, 11) is 0. The molecule has 1 N–H and O–H groups in total. The summed E-state index contributed by atoms with van der Waals surface area (Å²) in [5.74, 6) is 1.07. The van der Waals surface area contributed by atoms with Crippen LogP contribution in [0, 0.1) is 0 Å². The number of hydrogen-bond donors (Lipinski definition) is 1. The van der Waals surface area contributed by atoms with Crippen molar-refractivity contribution < 1.29 is 19.1 Å². The molecule has 0 aromatic heterocycles. The van der Waals surface area contributed by atoms with Gasteiger partial charge in [0.15, 0.2) is 11.5 Å². The molecule has 3 rings (SSSR count). The van der Waals surface area contributed by atoms with Crippen molar-refractivity contribution in [3.8, 4) is 11.5 Å². The number of ether oxygens (including phenoxy) is 2. The van der Waals surface area contributed by atoms with Crippen LogP contribution in [0.2, 0.25) is 5.02 Å². The van der Waals surface area contributed by atoms with Crippen molar-refractivity contribution in [2.75, 3.05) is 19.8 Å². The van der Waals surface area contributed by atoms with E-state index in [2.05, 4.69) is 5.32 Å². The van der Waals surface area contributed by atoms with Crippen molar-refractivity contribution in [1.82, 2.24) is 10.2 Å². The standard InChI is InChI=1S/C32H39ClN2O4/c1-4-20-34-32(37)28(21-24-12-8-7-9-13-24)35(23-26-14-10-11-15-27(26)33)31(36)19-17-25-16-18-29(38-5-2)30(22-25)39-6-3/h7-16,18,22,28H,4-6,17,19-21,23H2,1-3H3,(H,34,37). The van der Waals surface area contributed by atoms with Crippen LogP contribution in [-0.4, -0.2) is 42.5 Å². The van der Waals surface area contributed by atoms with Crippen LogP contribution in [0.4, 0.5) is 0 Å². The molecule has 0 radical (unpaired) electrons. The van der Waals surface area contributed by atoms with Gasteiger partial charge in [-0.15, -0.1) is 0 Å². The number of carbonyl (C=O) groups excluding carboxylic acids is 2. The number of hydrogen-bond acceptors (Lipinski definition) is 4. The zero-order valence-electron chi connectivity index (χ0n) is 23.1. The van der Waals surface area contributed by atoms with Gasteiger partial charge >= 0.3 is 0 Å². The molecule has 0 aliphatic heterocycles. The Kier molecular flexibility index (Phi) is 12.2. The molecule has 0 heterocycles. The first-order chi connectivity index (χ1) is 19.0. The van der Waals surface area contributed by atoms with Crippen LogP contribution in [0.25, 0.3) is 0 Å². The number of halogens is 1. The summed E-state index contributed by atoms with van der Waals surface area (Å²) in [6.45, 7) is 7.70. The molecule has 39 heavy (non-hydrogen) atoms. The van der Waals surface area contributed by atoms with Gasteiger partial charge in [0.25, 0.3) is 0 Å². The molecule has 0 saturated heterocycles. The van der Waals surface area contributed by atoms with Crippen molar-refractivity contribution in [3.05, 3.63) is 94.5 Å². The van der Waals surface area contributed by atoms with E-state index in [0.29, 0.717) is 49.1 Å². The molecule has 0 aliphatic rings. The molecule has 6 nitrogen and oxygen atoms in total. The highest BCUT2D eigenvalue weighted by molar-refractivity contribution is 6.31. The summed E-state index contributed by atoms with van der Waals surface area (Å²) in [6, 6.07) is 22.3. The van der Waals surface area contributed by atoms with E-state index in [9.17, 15) is 9.59 Å². The summed E-state index contributed by atoms with van der Waals surface area (Å²) in [4.78, 5) is 29.0. The van der Waals surface area contributed by atoms with Gasteiger partial charge in [0.1, 0.15) is 6.04 Å². The number of rotatable bonds is 15. The van der Waals surface area contributed by atoms with Crippen LogP contribution in [0.3, 0.4) is 0 Å². The Morgan fingerprint density at radius 2 is 1.56 bits per heavy atom. The van der Waals surface area contributed by atoms with Crippen LogP contribution in [0.1, 0.15) is 50.3 Å². The van der Waals surface area contributed by atoms with E-state index >= 15 is 0 Å². The van der Waals surface area contributed by atoms with Gasteiger partial charge in [0.2, 0.25) is 11.8 Å². The van der Waals surface area contributed by atoms with Gasteiger partial charge < -0.3 is 19.7 Å². The lowest BCUT2D eigenvalue weighted by atomic mass is 10.0. The third-order valence-electron chi connectivity index (χ3n) is 6.35. The van der Waals surface area contributed by atoms with Gasteiger partial charge in [-0.1, -0.05) is 73.1 Å². The lowest BCUT2D eigenvalue weighted by molar-refractivity contribution is -0.141. The maximum Gasteiger partial charge on any atom is 0.243 e. The van der Waals surface area contributed by atoms with Crippen LogP contribution in [-0.2, 0) is 29.0 Å². The number of benzene rings is 3. The maximum absolute atomic E-state index is 13.9. The average Bonchev–Trinajstić information content (AvgIpc) is 2.95. The molecule has 0 spiro atoms. The Hall–Kier alpha value is -3.51. The number of nitrogens with zero attached hydrogens (tertiary/aromatic N) is 1. The molecule has 208 valence electrons. The maximum atomic E-state index is 13.9. The second kappa shape index (κ2) is 15.8. The first-order valence-electron chi connectivity index (χ1n) is 13.7. The second-order valence-electron chi connectivity index (χ2n) is 9.26. The highest BCUT2D eigenvalue weighted by Gasteiger charge is 2.30. The van der Waals surface area contributed by atoms with Crippen LogP contribution < -0.4 is 14.8 Å². The van der Waals surface area contributed by atoms with Crippen molar-refractivity contribution in [2.24, 2.45) is 0 Å². The first kappa shape index (κ1) is 30.0. The zero-order valence-corrected chi connectivity index (χ0v) is 23.9. The lowest BCUT2D eigenvalue weighted by Crippen LogP contribution is -2.50. The Labute approximate surface area is 237 Å². The summed E-state index contributed by atoms with van der Waals surface area (Å²) < 4.78 is 11.4. The van der Waals surface area contributed by atoms with Crippen LogP contribution >= 0.6 is 11.6 Å². The molecule has 7 heteroatoms. The Morgan fingerprint density at radius 3 is 2.26 bits per heavy atom. The predicted octanol–water partition coefficient (Wildman–Crippen LogP) is 6.24. The van der Waals surface area contributed by atoms with Crippen molar-refractivity contribution >= 4 is 23.4 Å². The molecule has 3 aromatic carbocycles. The lowest BCUT2D eigenvalue weighted by Gasteiger charge is -2.32. The predicted molar refractivity (Wildman–Crippen MR) is 156 cm³/mol. The minimum atomic E-state index is -0.679. The Bertz CT molecular complexity index is 1200. The van der Waals surface area contributed by atoms with E-state index in [1.807, 2.05) is 87.5 Å². The smallest absolute Gasteiger partial charge is 0.243 e. The van der Waals surface area contributed by atoms with Gasteiger partial charge in [-0.2, -0.15) is 0 Å². The van der Waals surface area contributed by atoms with Gasteiger partial charge in [0.05, 0.1) is 13.2 Å².